The van der Waals surface area contributed by atoms with Crippen molar-refractivity contribution in [1.82, 2.24) is 4.90 Å². The number of likely N-dealkylation sites (tertiary alicyclic amines) is 1. The molecule has 118 valence electrons. The van der Waals surface area contributed by atoms with Gasteiger partial charge < -0.3 is 14.6 Å². The normalized spacial score (nSPS) is 18.8. The summed E-state index contributed by atoms with van der Waals surface area (Å²) in [6.07, 6.45) is 1.47. The van der Waals surface area contributed by atoms with Crippen LogP contribution in [-0.2, 0) is 6.54 Å². The minimum atomic E-state index is -2.87. The summed E-state index contributed by atoms with van der Waals surface area (Å²) >= 11 is 0. The third-order valence-corrected chi connectivity index (χ3v) is 3.78. The smallest absolute Gasteiger partial charge is 0.387 e. The minimum absolute atomic E-state index is 0.0397. The van der Waals surface area contributed by atoms with Crippen LogP contribution in [-0.4, -0.2) is 42.4 Å². The van der Waals surface area contributed by atoms with E-state index in [1.807, 2.05) is 6.92 Å². The molecule has 1 aliphatic rings. The van der Waals surface area contributed by atoms with E-state index in [1.165, 1.54) is 13.2 Å². The van der Waals surface area contributed by atoms with Crippen molar-refractivity contribution in [2.75, 3.05) is 20.2 Å². The van der Waals surface area contributed by atoms with Crippen molar-refractivity contribution < 1.29 is 23.4 Å². The molecule has 0 aromatic heterocycles. The van der Waals surface area contributed by atoms with E-state index in [4.69, 9.17) is 4.74 Å². The maximum atomic E-state index is 12.3. The number of hydrogen-bond donors (Lipinski definition) is 1. The van der Waals surface area contributed by atoms with Gasteiger partial charge in [-0.1, -0.05) is 6.07 Å². The molecular formula is C15H21F2NO3. The summed E-state index contributed by atoms with van der Waals surface area (Å²) in [6, 6.07) is 4.97. The number of halogens is 2. The van der Waals surface area contributed by atoms with E-state index in [0.717, 1.165) is 31.5 Å². The fourth-order valence-corrected chi connectivity index (χ4v) is 2.45. The molecule has 1 saturated heterocycles. The number of hydrogen-bond acceptors (Lipinski definition) is 4. The molecule has 2 rings (SSSR count). The average molecular weight is 301 g/mol. The lowest BCUT2D eigenvalue weighted by Crippen LogP contribution is -2.41. The summed E-state index contributed by atoms with van der Waals surface area (Å²) in [5.41, 5.74) is 0.387. The third kappa shape index (κ3) is 4.54. The van der Waals surface area contributed by atoms with Crippen LogP contribution >= 0.6 is 0 Å². The Balaban J connectivity index is 2.01. The van der Waals surface area contributed by atoms with Gasteiger partial charge in [-0.3, -0.25) is 4.90 Å². The highest BCUT2D eigenvalue weighted by atomic mass is 19.3. The monoisotopic (exact) mass is 301 g/mol. The SMILES string of the molecule is COc1cc(CN2CCC(C)(O)CC2)ccc1OC(F)F. The third-order valence-electron chi connectivity index (χ3n) is 3.78. The maximum absolute atomic E-state index is 12.3. The molecule has 21 heavy (non-hydrogen) atoms. The number of alkyl halides is 2. The van der Waals surface area contributed by atoms with E-state index < -0.39 is 12.2 Å². The Bertz CT molecular complexity index is 470. The fourth-order valence-electron chi connectivity index (χ4n) is 2.45. The molecule has 1 fully saturated rings. The summed E-state index contributed by atoms with van der Waals surface area (Å²) < 4.78 is 34.0. The Labute approximate surface area is 123 Å². The van der Waals surface area contributed by atoms with E-state index in [1.54, 1.807) is 12.1 Å². The summed E-state index contributed by atoms with van der Waals surface area (Å²) in [5, 5.41) is 9.93. The standard InChI is InChI=1S/C15H21F2NO3/c1-15(19)5-7-18(8-6-15)10-11-3-4-12(21-14(16)17)13(9-11)20-2/h3-4,9,14,19H,5-8,10H2,1-2H3. The van der Waals surface area contributed by atoms with Crippen molar-refractivity contribution in [3.63, 3.8) is 0 Å². The molecule has 0 unspecified atom stereocenters. The van der Waals surface area contributed by atoms with Gasteiger partial charge in [0.2, 0.25) is 0 Å². The maximum Gasteiger partial charge on any atom is 0.387 e. The van der Waals surface area contributed by atoms with Gasteiger partial charge in [-0.05, 0) is 37.5 Å². The molecule has 1 heterocycles. The van der Waals surface area contributed by atoms with E-state index in [-0.39, 0.29) is 5.75 Å². The fraction of sp³-hybridized carbons (Fsp3) is 0.600. The Morgan fingerprint density at radius 2 is 1.95 bits per heavy atom. The molecule has 0 bridgehead atoms. The number of benzene rings is 1. The summed E-state index contributed by atoms with van der Waals surface area (Å²) in [7, 11) is 1.43. The summed E-state index contributed by atoms with van der Waals surface area (Å²) in [5.74, 6) is 0.342. The first-order chi connectivity index (χ1) is 9.89. The van der Waals surface area contributed by atoms with Crippen LogP contribution in [0.1, 0.15) is 25.3 Å². The first-order valence-corrected chi connectivity index (χ1v) is 6.96. The van der Waals surface area contributed by atoms with Gasteiger partial charge >= 0.3 is 6.61 Å². The Kier molecular flexibility index (Phi) is 5.00. The zero-order valence-electron chi connectivity index (χ0n) is 12.3. The molecular weight excluding hydrogens is 280 g/mol. The molecule has 0 radical (unpaired) electrons. The summed E-state index contributed by atoms with van der Waals surface area (Å²) in [4.78, 5) is 2.22. The molecule has 1 aromatic rings. The number of piperidine rings is 1. The second kappa shape index (κ2) is 6.58. The highest BCUT2D eigenvalue weighted by Crippen LogP contribution is 2.30. The van der Waals surface area contributed by atoms with Gasteiger partial charge in [-0.2, -0.15) is 8.78 Å². The van der Waals surface area contributed by atoms with Crippen molar-refractivity contribution in [1.29, 1.82) is 0 Å². The topological polar surface area (TPSA) is 41.9 Å². The second-order valence-electron chi connectivity index (χ2n) is 5.64. The Morgan fingerprint density at radius 1 is 1.29 bits per heavy atom. The first-order valence-electron chi connectivity index (χ1n) is 6.96. The molecule has 0 atom stereocenters. The van der Waals surface area contributed by atoms with Gasteiger partial charge in [-0.25, -0.2) is 0 Å². The molecule has 0 saturated carbocycles. The van der Waals surface area contributed by atoms with Crippen LogP contribution in [0, 0.1) is 0 Å². The zero-order valence-corrected chi connectivity index (χ0v) is 12.3. The molecule has 1 aliphatic heterocycles. The van der Waals surface area contributed by atoms with E-state index in [9.17, 15) is 13.9 Å². The predicted octanol–water partition coefficient (Wildman–Crippen LogP) is 2.64. The van der Waals surface area contributed by atoms with Gasteiger partial charge in [0.1, 0.15) is 0 Å². The Morgan fingerprint density at radius 3 is 2.52 bits per heavy atom. The number of ether oxygens (including phenoxy) is 2. The van der Waals surface area contributed by atoms with Gasteiger partial charge in [0, 0.05) is 19.6 Å². The first kappa shape index (κ1) is 16.0. The lowest BCUT2D eigenvalue weighted by Gasteiger charge is -2.35. The van der Waals surface area contributed by atoms with Crippen LogP contribution < -0.4 is 9.47 Å². The average Bonchev–Trinajstić information content (AvgIpc) is 2.42. The van der Waals surface area contributed by atoms with E-state index in [0.29, 0.717) is 12.3 Å². The van der Waals surface area contributed by atoms with Crippen molar-refractivity contribution in [2.45, 2.75) is 38.5 Å². The number of nitrogens with zero attached hydrogens (tertiary/aromatic N) is 1. The van der Waals surface area contributed by atoms with Crippen LogP contribution in [0.3, 0.4) is 0 Å². The van der Waals surface area contributed by atoms with Crippen molar-refractivity contribution in [3.05, 3.63) is 23.8 Å². The Hall–Kier alpha value is -1.40. The van der Waals surface area contributed by atoms with Crippen LogP contribution in [0.4, 0.5) is 8.78 Å². The highest BCUT2D eigenvalue weighted by Gasteiger charge is 2.27. The van der Waals surface area contributed by atoms with Crippen LogP contribution in [0.5, 0.6) is 11.5 Å². The molecule has 0 aliphatic carbocycles. The van der Waals surface area contributed by atoms with Gasteiger partial charge in [-0.15, -0.1) is 0 Å². The second-order valence-corrected chi connectivity index (χ2v) is 5.64. The number of methoxy groups -OCH3 is 1. The number of aliphatic hydroxyl groups is 1. The van der Waals surface area contributed by atoms with Crippen LogP contribution in [0.15, 0.2) is 18.2 Å². The summed E-state index contributed by atoms with van der Waals surface area (Å²) in [6.45, 7) is 1.30. The minimum Gasteiger partial charge on any atom is -0.493 e. The zero-order chi connectivity index (χ0) is 15.5. The van der Waals surface area contributed by atoms with Gasteiger partial charge in [0.15, 0.2) is 11.5 Å². The van der Waals surface area contributed by atoms with Crippen molar-refractivity contribution in [2.24, 2.45) is 0 Å². The molecule has 0 spiro atoms. The van der Waals surface area contributed by atoms with E-state index >= 15 is 0 Å². The lowest BCUT2D eigenvalue weighted by molar-refractivity contribution is -0.0512. The van der Waals surface area contributed by atoms with Crippen LogP contribution in [0.25, 0.3) is 0 Å². The molecule has 6 heteroatoms. The van der Waals surface area contributed by atoms with Gasteiger partial charge in [0.25, 0.3) is 0 Å². The van der Waals surface area contributed by atoms with Crippen molar-refractivity contribution in [3.8, 4) is 11.5 Å². The molecule has 0 amide bonds. The largest absolute Gasteiger partial charge is 0.493 e. The predicted molar refractivity (Wildman–Crippen MR) is 74.8 cm³/mol. The quantitative estimate of drug-likeness (QED) is 0.908. The van der Waals surface area contributed by atoms with Gasteiger partial charge in [0.05, 0.1) is 12.7 Å². The molecule has 1 N–H and O–H groups in total. The number of rotatable bonds is 5. The highest BCUT2D eigenvalue weighted by molar-refractivity contribution is 5.43. The molecule has 4 nitrogen and oxygen atoms in total. The van der Waals surface area contributed by atoms with E-state index in [2.05, 4.69) is 9.64 Å². The van der Waals surface area contributed by atoms with Crippen LogP contribution in [0.2, 0.25) is 0 Å². The molecule has 1 aromatic carbocycles. The lowest BCUT2D eigenvalue weighted by atomic mass is 9.93. The van der Waals surface area contributed by atoms with Crippen molar-refractivity contribution >= 4 is 0 Å².